The summed E-state index contributed by atoms with van der Waals surface area (Å²) < 4.78 is 0. The molecule has 3 aromatic rings. The topological polar surface area (TPSA) is 72.2 Å². The van der Waals surface area contributed by atoms with E-state index in [0.717, 1.165) is 16.0 Å². The predicted molar refractivity (Wildman–Crippen MR) is 105 cm³/mol. The van der Waals surface area contributed by atoms with Crippen molar-refractivity contribution in [1.29, 1.82) is 0 Å². The summed E-state index contributed by atoms with van der Waals surface area (Å²) in [5.74, 6) is -0.504. The second-order valence-electron chi connectivity index (χ2n) is 5.51. The first-order valence-electron chi connectivity index (χ1n) is 7.88. The number of thioether (sulfide) groups is 1. The van der Waals surface area contributed by atoms with Crippen LogP contribution in [0.3, 0.4) is 0 Å². The molecular weight excluding hydrogens is 348 g/mol. The molecule has 0 heterocycles. The van der Waals surface area contributed by atoms with Crippen molar-refractivity contribution in [3.63, 3.8) is 0 Å². The van der Waals surface area contributed by atoms with E-state index in [2.05, 4.69) is 5.32 Å². The van der Waals surface area contributed by atoms with E-state index in [1.807, 2.05) is 54.8 Å². The molecule has 0 aliphatic rings. The molecular formula is C20H16N2O3S. The second-order valence-corrected chi connectivity index (χ2v) is 6.39. The number of carbonyl (C=O) groups excluding carboxylic acids is 1. The average Bonchev–Trinajstić information content (AvgIpc) is 2.68. The summed E-state index contributed by atoms with van der Waals surface area (Å²) in [7, 11) is 0. The summed E-state index contributed by atoms with van der Waals surface area (Å²) in [4.78, 5) is 24.3. The molecule has 3 rings (SSSR count). The minimum atomic E-state index is -0.540. The van der Waals surface area contributed by atoms with Crippen molar-refractivity contribution in [2.45, 2.75) is 4.90 Å². The van der Waals surface area contributed by atoms with Crippen LogP contribution in [-0.2, 0) is 0 Å². The van der Waals surface area contributed by atoms with E-state index >= 15 is 0 Å². The molecule has 26 heavy (non-hydrogen) atoms. The molecule has 0 radical (unpaired) electrons. The molecule has 0 saturated carbocycles. The van der Waals surface area contributed by atoms with Gasteiger partial charge in [-0.25, -0.2) is 0 Å². The number of nitrogens with one attached hydrogen (secondary N) is 1. The van der Waals surface area contributed by atoms with Crippen LogP contribution in [0, 0.1) is 10.1 Å². The number of nitrogens with zero attached hydrogens (tertiary/aromatic N) is 1. The van der Waals surface area contributed by atoms with E-state index < -0.39 is 10.8 Å². The van der Waals surface area contributed by atoms with Crippen LogP contribution in [-0.4, -0.2) is 17.1 Å². The lowest BCUT2D eigenvalue weighted by molar-refractivity contribution is -0.385. The lowest BCUT2D eigenvalue weighted by Crippen LogP contribution is -2.14. The number of para-hydroxylation sites is 1. The Morgan fingerprint density at radius 3 is 2.38 bits per heavy atom. The highest BCUT2D eigenvalue weighted by molar-refractivity contribution is 7.98. The Morgan fingerprint density at radius 1 is 1.00 bits per heavy atom. The molecule has 0 aliphatic carbocycles. The molecule has 1 amide bonds. The third kappa shape index (κ3) is 3.75. The molecule has 0 bridgehead atoms. The standard InChI is InChI=1S/C20H16N2O3S/c1-26-15-11-12-19(22(24)25)17(13-15)20(23)21-18-10-6-5-9-16(18)14-7-3-2-4-8-14/h2-13H,1H3,(H,21,23). The highest BCUT2D eigenvalue weighted by Crippen LogP contribution is 2.30. The molecule has 0 fully saturated rings. The van der Waals surface area contributed by atoms with Crippen molar-refractivity contribution >= 4 is 29.0 Å². The SMILES string of the molecule is CSc1ccc([N+](=O)[O-])c(C(=O)Nc2ccccc2-c2ccccc2)c1. The number of nitro benzene ring substituents is 1. The zero-order chi connectivity index (χ0) is 18.5. The lowest BCUT2D eigenvalue weighted by atomic mass is 10.0. The molecule has 130 valence electrons. The summed E-state index contributed by atoms with van der Waals surface area (Å²) >= 11 is 1.42. The molecule has 0 spiro atoms. The van der Waals surface area contributed by atoms with Crippen LogP contribution in [0.15, 0.2) is 77.7 Å². The van der Waals surface area contributed by atoms with E-state index in [4.69, 9.17) is 0 Å². The van der Waals surface area contributed by atoms with Gasteiger partial charge in [0.05, 0.1) is 4.92 Å². The number of hydrogen-bond acceptors (Lipinski definition) is 4. The number of hydrogen-bond donors (Lipinski definition) is 1. The van der Waals surface area contributed by atoms with Gasteiger partial charge in [0.25, 0.3) is 11.6 Å². The summed E-state index contributed by atoms with van der Waals surface area (Å²) in [6.07, 6.45) is 1.85. The van der Waals surface area contributed by atoms with Crippen molar-refractivity contribution < 1.29 is 9.72 Å². The van der Waals surface area contributed by atoms with E-state index in [0.29, 0.717) is 5.69 Å². The van der Waals surface area contributed by atoms with Crippen molar-refractivity contribution in [1.82, 2.24) is 0 Å². The fourth-order valence-corrected chi connectivity index (χ4v) is 3.07. The molecule has 0 atom stereocenters. The van der Waals surface area contributed by atoms with Gasteiger partial charge in [-0.1, -0.05) is 48.5 Å². The Kier molecular flexibility index (Phi) is 5.34. The van der Waals surface area contributed by atoms with Crippen LogP contribution < -0.4 is 5.32 Å². The minimum absolute atomic E-state index is 0.0460. The minimum Gasteiger partial charge on any atom is -0.321 e. The first kappa shape index (κ1) is 17.7. The number of carbonyl (C=O) groups is 1. The van der Waals surface area contributed by atoms with Gasteiger partial charge in [-0.05, 0) is 30.0 Å². The van der Waals surface area contributed by atoms with Crippen LogP contribution in [0.4, 0.5) is 11.4 Å². The van der Waals surface area contributed by atoms with E-state index in [9.17, 15) is 14.9 Å². The molecule has 0 saturated heterocycles. The Bertz CT molecular complexity index is 958. The van der Waals surface area contributed by atoms with Gasteiger partial charge >= 0.3 is 0 Å². The van der Waals surface area contributed by atoms with Gasteiger partial charge in [0, 0.05) is 22.2 Å². The van der Waals surface area contributed by atoms with Crippen LogP contribution in [0.5, 0.6) is 0 Å². The molecule has 5 nitrogen and oxygen atoms in total. The van der Waals surface area contributed by atoms with Crippen LogP contribution in [0.1, 0.15) is 10.4 Å². The van der Waals surface area contributed by atoms with Gasteiger partial charge in [-0.2, -0.15) is 0 Å². The number of anilines is 1. The fraction of sp³-hybridized carbons (Fsp3) is 0.0500. The zero-order valence-electron chi connectivity index (χ0n) is 14.0. The van der Waals surface area contributed by atoms with E-state index in [1.54, 1.807) is 18.2 Å². The zero-order valence-corrected chi connectivity index (χ0v) is 14.8. The van der Waals surface area contributed by atoms with Gasteiger partial charge in [0.15, 0.2) is 0 Å². The van der Waals surface area contributed by atoms with Gasteiger partial charge in [0.1, 0.15) is 5.56 Å². The smallest absolute Gasteiger partial charge is 0.282 e. The quantitative estimate of drug-likeness (QED) is 0.382. The number of amides is 1. The van der Waals surface area contributed by atoms with Crippen molar-refractivity contribution in [3.8, 4) is 11.1 Å². The van der Waals surface area contributed by atoms with Gasteiger partial charge in [0.2, 0.25) is 0 Å². The maximum absolute atomic E-state index is 12.8. The predicted octanol–water partition coefficient (Wildman–Crippen LogP) is 5.24. The normalized spacial score (nSPS) is 10.3. The summed E-state index contributed by atoms with van der Waals surface area (Å²) in [5.41, 5.74) is 2.25. The van der Waals surface area contributed by atoms with Gasteiger partial charge in [-0.15, -0.1) is 11.8 Å². The first-order chi connectivity index (χ1) is 12.6. The second kappa shape index (κ2) is 7.84. The Balaban J connectivity index is 1.99. The maximum Gasteiger partial charge on any atom is 0.282 e. The van der Waals surface area contributed by atoms with Crippen molar-refractivity contribution in [3.05, 3.63) is 88.5 Å². The summed E-state index contributed by atoms with van der Waals surface area (Å²) in [5, 5.41) is 14.1. The van der Waals surface area contributed by atoms with Crippen LogP contribution in [0.25, 0.3) is 11.1 Å². The molecule has 0 unspecified atom stereocenters. The number of rotatable bonds is 5. The Hall–Kier alpha value is -3.12. The molecule has 0 aromatic heterocycles. The van der Waals surface area contributed by atoms with Crippen LogP contribution in [0.2, 0.25) is 0 Å². The number of nitro groups is 1. The highest BCUT2D eigenvalue weighted by Gasteiger charge is 2.21. The van der Waals surface area contributed by atoms with Crippen molar-refractivity contribution in [2.24, 2.45) is 0 Å². The van der Waals surface area contributed by atoms with E-state index in [-0.39, 0.29) is 11.3 Å². The van der Waals surface area contributed by atoms with E-state index in [1.165, 1.54) is 17.8 Å². The average molecular weight is 364 g/mol. The lowest BCUT2D eigenvalue weighted by Gasteiger charge is -2.12. The van der Waals surface area contributed by atoms with Crippen molar-refractivity contribution in [2.75, 3.05) is 11.6 Å². The maximum atomic E-state index is 12.8. The van der Waals surface area contributed by atoms with Gasteiger partial charge < -0.3 is 5.32 Å². The first-order valence-corrected chi connectivity index (χ1v) is 9.11. The third-order valence-corrected chi connectivity index (χ3v) is 4.63. The van der Waals surface area contributed by atoms with Crippen LogP contribution >= 0.6 is 11.8 Å². The summed E-state index contributed by atoms with van der Waals surface area (Å²) in [6, 6.07) is 21.6. The third-order valence-electron chi connectivity index (χ3n) is 3.91. The molecule has 3 aromatic carbocycles. The fourth-order valence-electron chi connectivity index (χ4n) is 2.63. The molecule has 0 aliphatic heterocycles. The molecule has 1 N–H and O–H groups in total. The monoisotopic (exact) mass is 364 g/mol. The largest absolute Gasteiger partial charge is 0.321 e. The molecule has 6 heteroatoms. The Labute approximate surface area is 155 Å². The number of benzene rings is 3. The highest BCUT2D eigenvalue weighted by atomic mass is 32.2. The van der Waals surface area contributed by atoms with Gasteiger partial charge in [-0.3, -0.25) is 14.9 Å². The summed E-state index contributed by atoms with van der Waals surface area (Å²) in [6.45, 7) is 0. The Morgan fingerprint density at radius 2 is 1.69 bits per heavy atom.